The topological polar surface area (TPSA) is 79.6 Å². The maximum atomic E-state index is 12.2. The Labute approximate surface area is 158 Å². The first-order valence-electron chi connectivity index (χ1n) is 8.25. The van der Waals surface area contributed by atoms with Gasteiger partial charge in [0.25, 0.3) is 5.91 Å². The van der Waals surface area contributed by atoms with E-state index >= 15 is 0 Å². The average Bonchev–Trinajstić information content (AvgIpc) is 2.69. The number of carbonyl (C=O) groups excluding carboxylic acids is 2. The molecule has 0 N–H and O–H groups in total. The lowest BCUT2D eigenvalue weighted by Gasteiger charge is -2.11. The van der Waals surface area contributed by atoms with Crippen LogP contribution in [0.5, 0.6) is 11.5 Å². The van der Waals surface area contributed by atoms with E-state index in [0.29, 0.717) is 17.1 Å². The van der Waals surface area contributed by atoms with Gasteiger partial charge in [-0.2, -0.15) is 5.26 Å². The van der Waals surface area contributed by atoms with Crippen LogP contribution in [0.2, 0.25) is 0 Å². The minimum atomic E-state index is -0.143. The summed E-state index contributed by atoms with van der Waals surface area (Å²) in [5.41, 5.74) is 1.36. The molecule has 0 aliphatic carbocycles. The molecule has 1 amide bonds. The van der Waals surface area contributed by atoms with Gasteiger partial charge in [-0.25, -0.2) is 0 Å². The zero-order valence-electron chi connectivity index (χ0n) is 15.2. The van der Waals surface area contributed by atoms with Gasteiger partial charge < -0.3 is 14.4 Å². The zero-order valence-corrected chi connectivity index (χ0v) is 15.2. The second-order valence-corrected chi connectivity index (χ2v) is 5.81. The number of ether oxygens (including phenoxy) is 2. The first kappa shape index (κ1) is 19.7. The fraction of sp³-hybridized carbons (Fsp3) is 0.190. The zero-order chi connectivity index (χ0) is 19.6. The second kappa shape index (κ2) is 9.78. The Kier molecular flexibility index (Phi) is 7.15. The molecular weight excluding hydrogens is 344 g/mol. The Balaban J connectivity index is 1.92. The Bertz CT molecular complexity index is 847. The minimum Gasteiger partial charge on any atom is -0.484 e. The van der Waals surface area contributed by atoms with Gasteiger partial charge in [0.15, 0.2) is 19.0 Å². The van der Waals surface area contributed by atoms with E-state index in [4.69, 9.17) is 14.7 Å². The highest BCUT2D eigenvalue weighted by molar-refractivity contribution is 6.06. The number of carbonyl (C=O) groups is 2. The molecule has 0 aromatic heterocycles. The molecule has 0 bridgehead atoms. The molecule has 0 heterocycles. The van der Waals surface area contributed by atoms with Crippen LogP contribution in [0.25, 0.3) is 6.08 Å². The molecule has 0 spiro atoms. The molecule has 6 heteroatoms. The van der Waals surface area contributed by atoms with Crippen molar-refractivity contribution in [2.24, 2.45) is 0 Å². The van der Waals surface area contributed by atoms with E-state index in [9.17, 15) is 9.59 Å². The van der Waals surface area contributed by atoms with Gasteiger partial charge >= 0.3 is 0 Å². The van der Waals surface area contributed by atoms with Crippen molar-refractivity contribution in [3.8, 4) is 17.6 Å². The SMILES string of the molecule is CN(C)C(=O)COc1ccc(C(=O)/C=C/c2ccc(OCC#N)cc2)cc1. The van der Waals surface area contributed by atoms with Gasteiger partial charge in [0.2, 0.25) is 0 Å². The van der Waals surface area contributed by atoms with Crippen molar-refractivity contribution in [2.45, 2.75) is 0 Å². The highest BCUT2D eigenvalue weighted by Crippen LogP contribution is 2.15. The standard InChI is InChI=1S/C21H20N2O4/c1-23(2)21(25)15-27-19-10-6-17(7-11-19)20(24)12-5-16-3-8-18(9-4-16)26-14-13-22/h3-12H,14-15H2,1-2H3/b12-5+. The summed E-state index contributed by atoms with van der Waals surface area (Å²) in [7, 11) is 3.32. The van der Waals surface area contributed by atoms with Gasteiger partial charge in [0.05, 0.1) is 0 Å². The van der Waals surface area contributed by atoms with Crippen LogP contribution in [-0.4, -0.2) is 43.9 Å². The third-order valence-electron chi connectivity index (χ3n) is 3.61. The number of amides is 1. The largest absolute Gasteiger partial charge is 0.484 e. The molecule has 2 aromatic carbocycles. The lowest BCUT2D eigenvalue weighted by Crippen LogP contribution is -2.27. The van der Waals surface area contributed by atoms with Crippen molar-refractivity contribution < 1.29 is 19.1 Å². The maximum absolute atomic E-state index is 12.2. The van der Waals surface area contributed by atoms with Crippen LogP contribution in [0.4, 0.5) is 0 Å². The van der Waals surface area contributed by atoms with E-state index in [2.05, 4.69) is 0 Å². The van der Waals surface area contributed by atoms with Crippen molar-refractivity contribution in [1.82, 2.24) is 4.90 Å². The van der Waals surface area contributed by atoms with Crippen LogP contribution >= 0.6 is 0 Å². The summed E-state index contributed by atoms with van der Waals surface area (Å²) >= 11 is 0. The Morgan fingerprint density at radius 3 is 2.19 bits per heavy atom. The molecule has 6 nitrogen and oxygen atoms in total. The van der Waals surface area contributed by atoms with Crippen molar-refractivity contribution in [3.63, 3.8) is 0 Å². The number of benzene rings is 2. The monoisotopic (exact) mass is 364 g/mol. The second-order valence-electron chi connectivity index (χ2n) is 5.81. The predicted octanol–water partition coefficient (Wildman–Crippen LogP) is 2.95. The number of hydrogen-bond donors (Lipinski definition) is 0. The molecule has 0 unspecified atom stereocenters. The first-order valence-corrected chi connectivity index (χ1v) is 8.25. The maximum Gasteiger partial charge on any atom is 0.259 e. The summed E-state index contributed by atoms with van der Waals surface area (Å²) in [6.07, 6.45) is 3.19. The summed E-state index contributed by atoms with van der Waals surface area (Å²) in [6.45, 7) is -0.0506. The fourth-order valence-corrected chi connectivity index (χ4v) is 2.05. The van der Waals surface area contributed by atoms with Crippen molar-refractivity contribution >= 4 is 17.8 Å². The van der Waals surface area contributed by atoms with E-state index in [0.717, 1.165) is 5.56 Å². The van der Waals surface area contributed by atoms with Crippen LogP contribution in [0.1, 0.15) is 15.9 Å². The predicted molar refractivity (Wildman–Crippen MR) is 102 cm³/mol. The van der Waals surface area contributed by atoms with Gasteiger partial charge in [-0.05, 0) is 48.0 Å². The molecule has 0 radical (unpaired) electrons. The number of nitriles is 1. The lowest BCUT2D eigenvalue weighted by molar-refractivity contribution is -0.130. The third-order valence-corrected chi connectivity index (χ3v) is 3.61. The Morgan fingerprint density at radius 2 is 1.59 bits per heavy atom. The van der Waals surface area contributed by atoms with E-state index in [-0.39, 0.29) is 24.9 Å². The minimum absolute atomic E-state index is 0.00329. The summed E-state index contributed by atoms with van der Waals surface area (Å²) in [5.74, 6) is 0.847. The molecular formula is C21H20N2O4. The Hall–Kier alpha value is -3.59. The van der Waals surface area contributed by atoms with Crippen LogP contribution in [-0.2, 0) is 4.79 Å². The van der Waals surface area contributed by atoms with Gasteiger partial charge in [0, 0.05) is 19.7 Å². The molecule has 0 saturated heterocycles. The smallest absolute Gasteiger partial charge is 0.259 e. The molecule has 0 saturated carbocycles. The highest BCUT2D eigenvalue weighted by atomic mass is 16.5. The number of hydrogen-bond acceptors (Lipinski definition) is 5. The molecule has 2 aromatic rings. The Morgan fingerprint density at radius 1 is 1.00 bits per heavy atom. The van der Waals surface area contributed by atoms with Crippen LogP contribution in [0.3, 0.4) is 0 Å². The van der Waals surface area contributed by atoms with Gasteiger partial charge in [-0.1, -0.05) is 18.2 Å². The van der Waals surface area contributed by atoms with E-state index in [1.165, 1.54) is 11.0 Å². The van der Waals surface area contributed by atoms with Crippen molar-refractivity contribution in [1.29, 1.82) is 5.26 Å². The summed E-state index contributed by atoms with van der Waals surface area (Å²) in [6, 6.07) is 15.6. The van der Waals surface area contributed by atoms with E-state index in [1.807, 2.05) is 6.07 Å². The average molecular weight is 364 g/mol. The number of allylic oxidation sites excluding steroid dienone is 1. The van der Waals surface area contributed by atoms with Gasteiger partial charge in [-0.3, -0.25) is 9.59 Å². The number of rotatable bonds is 8. The fourth-order valence-electron chi connectivity index (χ4n) is 2.05. The molecule has 0 aliphatic rings. The van der Waals surface area contributed by atoms with Crippen molar-refractivity contribution in [3.05, 3.63) is 65.7 Å². The summed E-state index contributed by atoms with van der Waals surface area (Å²) < 4.78 is 10.6. The molecule has 27 heavy (non-hydrogen) atoms. The molecule has 0 atom stereocenters. The van der Waals surface area contributed by atoms with Gasteiger partial charge in [0.1, 0.15) is 17.6 Å². The normalized spacial score (nSPS) is 10.3. The summed E-state index contributed by atoms with van der Waals surface area (Å²) in [5, 5.41) is 8.48. The highest BCUT2D eigenvalue weighted by Gasteiger charge is 2.06. The summed E-state index contributed by atoms with van der Waals surface area (Å²) in [4.78, 5) is 25.2. The quantitative estimate of drug-likeness (QED) is 0.531. The lowest BCUT2D eigenvalue weighted by atomic mass is 10.1. The van der Waals surface area contributed by atoms with E-state index in [1.54, 1.807) is 68.7 Å². The molecule has 138 valence electrons. The van der Waals surface area contributed by atoms with E-state index < -0.39 is 0 Å². The number of likely N-dealkylation sites (N-methyl/N-ethyl adjacent to an activating group) is 1. The molecule has 0 aliphatic heterocycles. The van der Waals surface area contributed by atoms with Crippen LogP contribution in [0, 0.1) is 11.3 Å². The number of ketones is 1. The van der Waals surface area contributed by atoms with Gasteiger partial charge in [-0.15, -0.1) is 0 Å². The first-order chi connectivity index (χ1) is 13.0. The molecule has 2 rings (SSSR count). The molecule has 0 fully saturated rings. The number of nitrogens with zero attached hydrogens (tertiary/aromatic N) is 2. The van der Waals surface area contributed by atoms with Crippen LogP contribution < -0.4 is 9.47 Å². The van der Waals surface area contributed by atoms with Crippen molar-refractivity contribution in [2.75, 3.05) is 27.3 Å². The van der Waals surface area contributed by atoms with Crippen LogP contribution in [0.15, 0.2) is 54.6 Å². The third kappa shape index (κ3) is 6.33.